The standard InChI is InChI=1S/C22H21NO5/c1-16(27-19-11-9-18(25-2)10-12-19)22(24)26-15-17-6-3-4-8-21(17)28-20-7-5-13-23-14-20/h3-14,16H,15H2,1-2H3. The molecule has 0 aliphatic rings. The van der Waals surface area contributed by atoms with E-state index in [9.17, 15) is 4.79 Å². The van der Waals surface area contributed by atoms with Crippen molar-refractivity contribution in [2.75, 3.05) is 7.11 Å². The van der Waals surface area contributed by atoms with Gasteiger partial charge in [-0.2, -0.15) is 0 Å². The molecule has 28 heavy (non-hydrogen) atoms. The number of carbonyl (C=O) groups is 1. The number of methoxy groups -OCH3 is 1. The van der Waals surface area contributed by atoms with E-state index in [4.69, 9.17) is 18.9 Å². The fourth-order valence-corrected chi connectivity index (χ4v) is 2.43. The summed E-state index contributed by atoms with van der Waals surface area (Å²) in [6.07, 6.45) is 2.54. The van der Waals surface area contributed by atoms with Crippen molar-refractivity contribution in [2.45, 2.75) is 19.6 Å². The second kappa shape index (κ2) is 9.41. The van der Waals surface area contributed by atoms with Crippen molar-refractivity contribution in [3.05, 3.63) is 78.6 Å². The van der Waals surface area contributed by atoms with Crippen LogP contribution in [0.15, 0.2) is 73.1 Å². The highest BCUT2D eigenvalue weighted by Gasteiger charge is 2.17. The van der Waals surface area contributed by atoms with Gasteiger partial charge in [-0.1, -0.05) is 18.2 Å². The van der Waals surface area contributed by atoms with Crippen LogP contribution in [0.4, 0.5) is 0 Å². The van der Waals surface area contributed by atoms with E-state index >= 15 is 0 Å². The average molecular weight is 379 g/mol. The lowest BCUT2D eigenvalue weighted by molar-refractivity contribution is -0.152. The first-order chi connectivity index (χ1) is 13.7. The molecule has 3 aromatic rings. The number of hydrogen-bond donors (Lipinski definition) is 0. The third kappa shape index (κ3) is 5.23. The first-order valence-electron chi connectivity index (χ1n) is 8.79. The van der Waals surface area contributed by atoms with E-state index in [2.05, 4.69) is 4.98 Å². The van der Waals surface area contributed by atoms with Crippen molar-refractivity contribution < 1.29 is 23.7 Å². The second-order valence-electron chi connectivity index (χ2n) is 5.94. The number of nitrogens with zero attached hydrogens (tertiary/aromatic N) is 1. The van der Waals surface area contributed by atoms with Gasteiger partial charge in [-0.15, -0.1) is 0 Å². The number of benzene rings is 2. The van der Waals surface area contributed by atoms with Crippen molar-refractivity contribution >= 4 is 5.97 Å². The predicted octanol–water partition coefficient (Wildman–Crippen LogP) is 4.39. The van der Waals surface area contributed by atoms with Gasteiger partial charge in [-0.3, -0.25) is 4.98 Å². The van der Waals surface area contributed by atoms with Gasteiger partial charge in [0.15, 0.2) is 6.10 Å². The summed E-state index contributed by atoms with van der Waals surface area (Å²) < 4.78 is 21.9. The zero-order chi connectivity index (χ0) is 19.8. The third-order valence-corrected chi connectivity index (χ3v) is 3.91. The smallest absolute Gasteiger partial charge is 0.347 e. The molecule has 0 fully saturated rings. The molecule has 3 rings (SSSR count). The molecule has 1 aromatic heterocycles. The molecule has 144 valence electrons. The molecular weight excluding hydrogens is 358 g/mol. The topological polar surface area (TPSA) is 66.9 Å². The van der Waals surface area contributed by atoms with E-state index in [1.807, 2.05) is 24.3 Å². The van der Waals surface area contributed by atoms with Crippen LogP contribution in [0.1, 0.15) is 12.5 Å². The van der Waals surface area contributed by atoms with Crippen LogP contribution >= 0.6 is 0 Å². The minimum absolute atomic E-state index is 0.0750. The first-order valence-corrected chi connectivity index (χ1v) is 8.79. The van der Waals surface area contributed by atoms with E-state index in [1.54, 1.807) is 62.8 Å². The molecule has 0 saturated carbocycles. The largest absolute Gasteiger partial charge is 0.497 e. The number of carbonyl (C=O) groups excluding carboxylic acids is 1. The Morgan fingerprint density at radius 2 is 1.71 bits per heavy atom. The van der Waals surface area contributed by atoms with Gasteiger partial charge in [-0.05, 0) is 49.4 Å². The van der Waals surface area contributed by atoms with Gasteiger partial charge >= 0.3 is 5.97 Å². The molecule has 1 heterocycles. The molecular formula is C22H21NO5. The highest BCUT2D eigenvalue weighted by atomic mass is 16.6. The maximum Gasteiger partial charge on any atom is 0.347 e. The van der Waals surface area contributed by atoms with Crippen molar-refractivity contribution in [1.29, 1.82) is 0 Å². The molecule has 0 spiro atoms. The summed E-state index contributed by atoms with van der Waals surface area (Å²) in [5.41, 5.74) is 0.747. The Balaban J connectivity index is 1.58. The molecule has 1 atom stereocenters. The zero-order valence-electron chi connectivity index (χ0n) is 15.7. The highest BCUT2D eigenvalue weighted by Crippen LogP contribution is 2.25. The molecule has 2 aromatic carbocycles. The van der Waals surface area contributed by atoms with Crippen LogP contribution in [0.3, 0.4) is 0 Å². The van der Waals surface area contributed by atoms with Crippen LogP contribution in [-0.2, 0) is 16.1 Å². The number of esters is 1. The summed E-state index contributed by atoms with van der Waals surface area (Å²) in [5, 5.41) is 0. The van der Waals surface area contributed by atoms with E-state index in [1.165, 1.54) is 0 Å². The van der Waals surface area contributed by atoms with Crippen LogP contribution in [-0.4, -0.2) is 24.2 Å². The Hall–Kier alpha value is -3.54. The fraction of sp³-hybridized carbons (Fsp3) is 0.182. The number of aromatic nitrogens is 1. The molecule has 0 aliphatic heterocycles. The summed E-state index contributed by atoms with van der Waals surface area (Å²) in [7, 11) is 1.59. The molecule has 0 bridgehead atoms. The summed E-state index contributed by atoms with van der Waals surface area (Å²) in [5.74, 6) is 2.02. The van der Waals surface area contributed by atoms with Crippen molar-refractivity contribution in [3.63, 3.8) is 0 Å². The lowest BCUT2D eigenvalue weighted by Gasteiger charge is -2.15. The SMILES string of the molecule is COc1ccc(OC(C)C(=O)OCc2ccccc2Oc2cccnc2)cc1. The van der Waals surface area contributed by atoms with Gasteiger partial charge in [-0.25, -0.2) is 4.79 Å². The second-order valence-corrected chi connectivity index (χ2v) is 5.94. The minimum atomic E-state index is -0.750. The van der Waals surface area contributed by atoms with Gasteiger partial charge in [0, 0.05) is 11.8 Å². The van der Waals surface area contributed by atoms with Gasteiger partial charge in [0.2, 0.25) is 0 Å². The summed E-state index contributed by atoms with van der Waals surface area (Å²) in [4.78, 5) is 16.3. The number of rotatable bonds is 8. The molecule has 0 amide bonds. The molecule has 6 nitrogen and oxygen atoms in total. The van der Waals surface area contributed by atoms with E-state index in [-0.39, 0.29) is 6.61 Å². The summed E-state index contributed by atoms with van der Waals surface area (Å²) >= 11 is 0. The maximum atomic E-state index is 12.3. The summed E-state index contributed by atoms with van der Waals surface area (Å²) in [6, 6.07) is 18.0. The predicted molar refractivity (Wildman–Crippen MR) is 104 cm³/mol. The van der Waals surface area contributed by atoms with E-state index in [0.29, 0.717) is 23.0 Å². The maximum absolute atomic E-state index is 12.3. The van der Waals surface area contributed by atoms with Gasteiger partial charge in [0.1, 0.15) is 29.6 Å². The Morgan fingerprint density at radius 3 is 2.43 bits per heavy atom. The molecule has 0 saturated heterocycles. The van der Waals surface area contributed by atoms with E-state index < -0.39 is 12.1 Å². The monoisotopic (exact) mass is 379 g/mol. The Kier molecular flexibility index (Phi) is 6.46. The van der Waals surface area contributed by atoms with Gasteiger partial charge < -0.3 is 18.9 Å². The van der Waals surface area contributed by atoms with Crippen LogP contribution < -0.4 is 14.2 Å². The van der Waals surface area contributed by atoms with Crippen LogP contribution in [0, 0.1) is 0 Å². The third-order valence-electron chi connectivity index (χ3n) is 3.91. The average Bonchev–Trinajstić information content (AvgIpc) is 2.74. The number of para-hydroxylation sites is 1. The Bertz CT molecular complexity index is 896. The van der Waals surface area contributed by atoms with Crippen LogP contribution in [0.5, 0.6) is 23.0 Å². The van der Waals surface area contributed by atoms with E-state index in [0.717, 1.165) is 5.56 Å². The molecule has 0 aliphatic carbocycles. The molecule has 0 radical (unpaired) electrons. The Labute approximate surface area is 163 Å². The molecule has 6 heteroatoms. The minimum Gasteiger partial charge on any atom is -0.497 e. The normalized spacial score (nSPS) is 11.4. The lowest BCUT2D eigenvalue weighted by atomic mass is 10.2. The van der Waals surface area contributed by atoms with Crippen molar-refractivity contribution in [1.82, 2.24) is 4.98 Å². The molecule has 1 unspecified atom stereocenters. The Morgan fingerprint density at radius 1 is 0.964 bits per heavy atom. The number of hydrogen-bond acceptors (Lipinski definition) is 6. The quantitative estimate of drug-likeness (QED) is 0.541. The molecule has 0 N–H and O–H groups in total. The lowest BCUT2D eigenvalue weighted by Crippen LogP contribution is -2.26. The number of pyridine rings is 1. The van der Waals surface area contributed by atoms with Crippen LogP contribution in [0.25, 0.3) is 0 Å². The number of ether oxygens (including phenoxy) is 4. The van der Waals surface area contributed by atoms with Crippen molar-refractivity contribution in [2.24, 2.45) is 0 Å². The first kappa shape index (κ1) is 19.2. The summed E-state index contributed by atoms with van der Waals surface area (Å²) in [6.45, 7) is 1.72. The van der Waals surface area contributed by atoms with Crippen LogP contribution in [0.2, 0.25) is 0 Å². The fourth-order valence-electron chi connectivity index (χ4n) is 2.43. The van der Waals surface area contributed by atoms with Gasteiger partial charge in [0.25, 0.3) is 0 Å². The van der Waals surface area contributed by atoms with Gasteiger partial charge in [0.05, 0.1) is 13.3 Å². The van der Waals surface area contributed by atoms with Crippen molar-refractivity contribution in [3.8, 4) is 23.0 Å². The highest BCUT2D eigenvalue weighted by molar-refractivity contribution is 5.74. The zero-order valence-corrected chi connectivity index (χ0v) is 15.7.